The number of rotatable bonds is 2. The lowest BCUT2D eigenvalue weighted by molar-refractivity contribution is -0.124. The zero-order valence-corrected chi connectivity index (χ0v) is 13.0. The number of Topliss-reactive ketones (excluding diaryl/α,β-unsaturated/α-hetero) is 1. The van der Waals surface area contributed by atoms with Gasteiger partial charge in [-0.2, -0.15) is 11.8 Å². The van der Waals surface area contributed by atoms with Crippen LogP contribution >= 0.6 is 11.8 Å². The van der Waals surface area contributed by atoms with Crippen LogP contribution in [0.15, 0.2) is 0 Å². The van der Waals surface area contributed by atoms with Crippen LogP contribution in [0.5, 0.6) is 0 Å². The average Bonchev–Trinajstić information content (AvgIpc) is 2.38. The third-order valence-corrected chi connectivity index (χ3v) is 6.25. The van der Waals surface area contributed by atoms with Crippen LogP contribution in [0.1, 0.15) is 65.7 Å². The monoisotopic (exact) mass is 268 g/mol. The van der Waals surface area contributed by atoms with Crippen LogP contribution in [-0.4, -0.2) is 16.8 Å². The molecule has 1 heterocycles. The number of carbonyl (C=O) groups is 1. The Morgan fingerprint density at radius 3 is 2.17 bits per heavy atom. The molecule has 0 aromatic heterocycles. The summed E-state index contributed by atoms with van der Waals surface area (Å²) >= 11 is 1.92. The van der Waals surface area contributed by atoms with Gasteiger partial charge in [-0.25, -0.2) is 0 Å². The zero-order valence-electron chi connectivity index (χ0n) is 12.2. The molecular weight excluding hydrogens is 240 g/mol. The predicted octanol–water partition coefficient (Wildman–Crippen LogP) is 4.69. The van der Waals surface area contributed by atoms with Crippen LogP contribution in [-0.2, 0) is 4.79 Å². The van der Waals surface area contributed by atoms with Gasteiger partial charge in [0.1, 0.15) is 5.78 Å². The first-order valence-electron chi connectivity index (χ1n) is 7.64. The molecule has 1 atom stereocenters. The second-order valence-corrected chi connectivity index (χ2v) is 8.48. The third-order valence-electron chi connectivity index (χ3n) is 4.85. The number of carbonyl (C=O) groups excluding carboxylic acids is 1. The fourth-order valence-corrected chi connectivity index (χ4v) is 4.82. The molecule has 1 saturated heterocycles. The van der Waals surface area contributed by atoms with Crippen molar-refractivity contribution in [1.29, 1.82) is 0 Å². The van der Waals surface area contributed by atoms with Crippen LogP contribution in [0, 0.1) is 17.3 Å². The highest BCUT2D eigenvalue weighted by Crippen LogP contribution is 2.41. The number of ketones is 1. The lowest BCUT2D eigenvalue weighted by atomic mass is 9.69. The molecule has 1 saturated carbocycles. The lowest BCUT2D eigenvalue weighted by Crippen LogP contribution is -2.33. The minimum Gasteiger partial charge on any atom is -0.298 e. The van der Waals surface area contributed by atoms with E-state index in [-0.39, 0.29) is 0 Å². The van der Waals surface area contributed by atoms with Crippen LogP contribution in [0.25, 0.3) is 0 Å². The van der Waals surface area contributed by atoms with Gasteiger partial charge in [0.25, 0.3) is 0 Å². The maximum absolute atomic E-state index is 12.5. The summed E-state index contributed by atoms with van der Waals surface area (Å²) in [6, 6.07) is 0. The summed E-state index contributed by atoms with van der Waals surface area (Å²) in [5, 5.41) is 0.343. The van der Waals surface area contributed by atoms with Crippen molar-refractivity contribution >= 4 is 17.5 Å². The quantitative estimate of drug-likeness (QED) is 0.722. The Morgan fingerprint density at radius 1 is 1.00 bits per heavy atom. The highest BCUT2D eigenvalue weighted by atomic mass is 32.2. The average molecular weight is 268 g/mol. The van der Waals surface area contributed by atoms with E-state index in [1.807, 2.05) is 11.8 Å². The van der Waals surface area contributed by atoms with Crippen molar-refractivity contribution in [3.63, 3.8) is 0 Å². The third kappa shape index (κ3) is 3.53. The topological polar surface area (TPSA) is 17.1 Å². The summed E-state index contributed by atoms with van der Waals surface area (Å²) in [5.74, 6) is 3.00. The fourth-order valence-electron chi connectivity index (χ4n) is 3.47. The first-order chi connectivity index (χ1) is 8.48. The summed E-state index contributed by atoms with van der Waals surface area (Å²) in [7, 11) is 0. The van der Waals surface area contributed by atoms with E-state index in [2.05, 4.69) is 20.8 Å². The zero-order chi connectivity index (χ0) is 13.2. The van der Waals surface area contributed by atoms with Crippen molar-refractivity contribution in [3.8, 4) is 0 Å². The summed E-state index contributed by atoms with van der Waals surface area (Å²) in [5.41, 5.74) is 0.424. The molecule has 1 nitrogen and oxygen atoms in total. The molecule has 2 aliphatic rings. The van der Waals surface area contributed by atoms with Crippen molar-refractivity contribution in [3.05, 3.63) is 0 Å². The van der Waals surface area contributed by atoms with Crippen molar-refractivity contribution in [2.45, 2.75) is 71.0 Å². The number of thioether (sulfide) groups is 1. The molecule has 2 heteroatoms. The maximum atomic E-state index is 12.5. The normalized spacial score (nSPS) is 34.3. The van der Waals surface area contributed by atoms with Crippen LogP contribution < -0.4 is 0 Å². The Labute approximate surface area is 116 Å². The number of hydrogen-bond acceptors (Lipinski definition) is 2. The largest absolute Gasteiger partial charge is 0.298 e. The van der Waals surface area contributed by atoms with E-state index in [4.69, 9.17) is 0 Å². The molecule has 0 aromatic carbocycles. The molecule has 0 amide bonds. The van der Waals surface area contributed by atoms with E-state index in [1.165, 1.54) is 31.4 Å². The van der Waals surface area contributed by atoms with E-state index in [1.54, 1.807) is 0 Å². The van der Waals surface area contributed by atoms with E-state index < -0.39 is 0 Å². The Bertz CT molecular complexity index is 278. The van der Waals surface area contributed by atoms with Gasteiger partial charge in [0.05, 0.1) is 5.25 Å². The van der Waals surface area contributed by atoms with Gasteiger partial charge in [0.15, 0.2) is 0 Å². The SMILES string of the molecule is CC(C)(C)C1CCC(C(=O)C2CCCCS2)CC1. The maximum Gasteiger partial charge on any atom is 0.148 e. The second kappa shape index (κ2) is 5.98. The van der Waals surface area contributed by atoms with Crippen LogP contribution in [0.4, 0.5) is 0 Å². The van der Waals surface area contributed by atoms with Gasteiger partial charge < -0.3 is 0 Å². The standard InChI is InChI=1S/C16H28OS/c1-16(2,3)13-9-7-12(8-10-13)15(17)14-6-4-5-11-18-14/h12-14H,4-11H2,1-3H3. The van der Waals surface area contributed by atoms with E-state index >= 15 is 0 Å². The highest BCUT2D eigenvalue weighted by molar-refractivity contribution is 8.00. The van der Waals surface area contributed by atoms with Crippen molar-refractivity contribution < 1.29 is 4.79 Å². The first-order valence-corrected chi connectivity index (χ1v) is 8.68. The molecule has 1 aliphatic heterocycles. The van der Waals surface area contributed by atoms with Gasteiger partial charge in [0, 0.05) is 5.92 Å². The molecule has 1 aliphatic carbocycles. The molecule has 0 N–H and O–H groups in total. The molecule has 2 rings (SSSR count). The molecule has 0 radical (unpaired) electrons. The molecule has 1 unspecified atom stereocenters. The van der Waals surface area contributed by atoms with Crippen molar-refractivity contribution in [2.75, 3.05) is 5.75 Å². The molecule has 0 aromatic rings. The Kier molecular flexibility index (Phi) is 4.80. The smallest absolute Gasteiger partial charge is 0.148 e. The Hall–Kier alpha value is 0.0200. The minimum atomic E-state index is 0.343. The Balaban J connectivity index is 1.83. The number of hydrogen-bond donors (Lipinski definition) is 0. The fraction of sp³-hybridized carbons (Fsp3) is 0.938. The highest BCUT2D eigenvalue weighted by Gasteiger charge is 2.35. The Morgan fingerprint density at radius 2 is 1.67 bits per heavy atom. The lowest BCUT2D eigenvalue weighted by Gasteiger charge is -2.37. The summed E-state index contributed by atoms with van der Waals surface area (Å²) in [6.45, 7) is 7.03. The summed E-state index contributed by atoms with van der Waals surface area (Å²) in [6.07, 6.45) is 8.54. The van der Waals surface area contributed by atoms with E-state index in [9.17, 15) is 4.79 Å². The molecule has 104 valence electrons. The predicted molar refractivity (Wildman–Crippen MR) is 80.0 cm³/mol. The first kappa shape index (κ1) is 14.4. The van der Waals surface area contributed by atoms with Gasteiger partial charge in [0.2, 0.25) is 0 Å². The van der Waals surface area contributed by atoms with Crippen LogP contribution in [0.2, 0.25) is 0 Å². The minimum absolute atomic E-state index is 0.343. The van der Waals surface area contributed by atoms with Gasteiger partial charge in [-0.1, -0.05) is 27.2 Å². The van der Waals surface area contributed by atoms with E-state index in [0.717, 1.165) is 25.2 Å². The van der Waals surface area contributed by atoms with Gasteiger partial charge in [-0.05, 0) is 55.6 Å². The van der Waals surface area contributed by atoms with Gasteiger partial charge >= 0.3 is 0 Å². The second-order valence-electron chi connectivity index (χ2n) is 7.17. The van der Waals surface area contributed by atoms with Crippen LogP contribution in [0.3, 0.4) is 0 Å². The molecular formula is C16H28OS. The van der Waals surface area contributed by atoms with Crippen molar-refractivity contribution in [2.24, 2.45) is 17.3 Å². The van der Waals surface area contributed by atoms with Gasteiger partial charge in [-0.3, -0.25) is 4.79 Å². The van der Waals surface area contributed by atoms with Gasteiger partial charge in [-0.15, -0.1) is 0 Å². The molecule has 2 fully saturated rings. The molecule has 0 spiro atoms. The molecule has 18 heavy (non-hydrogen) atoms. The summed E-state index contributed by atoms with van der Waals surface area (Å²) < 4.78 is 0. The summed E-state index contributed by atoms with van der Waals surface area (Å²) in [4.78, 5) is 12.5. The molecule has 0 bridgehead atoms. The van der Waals surface area contributed by atoms with E-state index in [0.29, 0.717) is 22.4 Å². The van der Waals surface area contributed by atoms with Crippen molar-refractivity contribution in [1.82, 2.24) is 0 Å².